The van der Waals surface area contributed by atoms with Crippen LogP contribution in [-0.2, 0) is 16.3 Å². The summed E-state index contributed by atoms with van der Waals surface area (Å²) in [5.41, 5.74) is 0. The summed E-state index contributed by atoms with van der Waals surface area (Å²) in [6, 6.07) is 0. The first-order chi connectivity index (χ1) is 4.43. The number of hydrogen-bond donors (Lipinski definition) is 0. The second-order valence-electron chi connectivity index (χ2n) is 2.17. The number of hydrogen-bond acceptors (Lipinski definition) is 0. The van der Waals surface area contributed by atoms with Gasteiger partial charge in [0.15, 0.2) is 0 Å². The van der Waals surface area contributed by atoms with Crippen LogP contribution in [0.25, 0.3) is 0 Å². The molecule has 0 aliphatic heterocycles. The Morgan fingerprint density at radius 1 is 1.33 bits per heavy atom. The van der Waals surface area contributed by atoms with Gasteiger partial charge in [-0.2, -0.15) is 0 Å². The fraction of sp³-hybridized carbons (Fsp3) is 0.500. The van der Waals surface area contributed by atoms with Crippen molar-refractivity contribution in [1.29, 1.82) is 0 Å². The first-order valence-electron chi connectivity index (χ1n) is 3.46. The van der Waals surface area contributed by atoms with Crippen molar-refractivity contribution < 1.29 is 53.5 Å². The summed E-state index contributed by atoms with van der Waals surface area (Å²) in [5.74, 6) is 0. The van der Waals surface area contributed by atoms with E-state index in [1.807, 2.05) is 0 Å². The van der Waals surface area contributed by atoms with Gasteiger partial charge in [-0.25, -0.2) is 0 Å². The predicted octanol–water partition coefficient (Wildman–Crippen LogP) is -6.25. The van der Waals surface area contributed by atoms with E-state index in [1.54, 1.807) is 4.28 Å². The quantitative estimate of drug-likeness (QED) is 0.476. The molecule has 0 nitrogen and oxygen atoms in total. The smallest absolute Gasteiger partial charge is 1.00 e. The van der Waals surface area contributed by atoms with Gasteiger partial charge in [-0.1, -0.05) is 0 Å². The van der Waals surface area contributed by atoms with Gasteiger partial charge in [0.2, 0.25) is 0 Å². The Bertz CT molecular complexity index is 143. The Hall–Kier alpha value is 0.934. The summed E-state index contributed by atoms with van der Waals surface area (Å²) in [5, 5.41) is 1.45. The molecule has 0 saturated heterocycles. The first kappa shape index (κ1) is 18.7. The zero-order valence-electron chi connectivity index (χ0n) is 6.93. The molecule has 0 unspecified atom stereocenters. The molecule has 0 spiro atoms. The molecule has 4 heteroatoms. The van der Waals surface area contributed by atoms with Crippen LogP contribution in [0.4, 0.5) is 0 Å². The van der Waals surface area contributed by atoms with Crippen LogP contribution < -0.4 is 37.2 Å². The number of rotatable bonds is 3. The molecule has 0 aromatic carbocycles. The molecule has 1 aliphatic carbocycles. The number of allylic oxidation sites excluding steroid dienone is 4. The van der Waals surface area contributed by atoms with E-state index in [2.05, 4.69) is 25.2 Å². The molecule has 0 bridgehead atoms. The molecule has 0 saturated carbocycles. The Balaban J connectivity index is -0.000000270. The van der Waals surface area contributed by atoms with Crippen molar-refractivity contribution in [3.8, 4) is 0 Å². The minimum atomic E-state index is 0. The largest absolute Gasteiger partial charge is 1.00 e. The molecule has 0 aromatic heterocycles. The van der Waals surface area contributed by atoms with Crippen molar-refractivity contribution in [2.24, 2.45) is 0 Å². The van der Waals surface area contributed by atoms with E-state index in [0.29, 0.717) is 16.3 Å². The molecule has 12 heavy (non-hydrogen) atoms. The average molecular weight is 265 g/mol. The molecule has 0 atom stereocenters. The number of halogens is 3. The van der Waals surface area contributed by atoms with Crippen LogP contribution in [-0.4, -0.2) is 0 Å². The molecular weight excluding hydrogens is 253 g/mol. The summed E-state index contributed by atoms with van der Waals surface area (Å²) in [6.07, 6.45) is 9.33. The van der Waals surface area contributed by atoms with Crippen molar-refractivity contribution in [3.63, 3.8) is 0 Å². The molecule has 0 aromatic rings. The van der Waals surface area contributed by atoms with E-state index in [9.17, 15) is 0 Å². The van der Waals surface area contributed by atoms with E-state index in [0.717, 1.165) is 0 Å². The van der Waals surface area contributed by atoms with E-state index < -0.39 is 0 Å². The topological polar surface area (TPSA) is 0 Å². The minimum absolute atomic E-state index is 0. The fourth-order valence-electron chi connectivity index (χ4n) is 0.809. The maximum atomic E-state index is 2.29. The summed E-state index contributed by atoms with van der Waals surface area (Å²) >= 11 is 0.551. The van der Waals surface area contributed by atoms with Gasteiger partial charge in [0, 0.05) is 0 Å². The molecule has 1 rings (SSSR count). The van der Waals surface area contributed by atoms with Crippen molar-refractivity contribution >= 4 is 0 Å². The third kappa shape index (κ3) is 7.58. The third-order valence-corrected chi connectivity index (χ3v) is 3.49. The van der Waals surface area contributed by atoms with Gasteiger partial charge in [0.1, 0.15) is 0 Å². The summed E-state index contributed by atoms with van der Waals surface area (Å²) in [4.78, 5) is 0. The van der Waals surface area contributed by atoms with Crippen molar-refractivity contribution in [2.75, 3.05) is 0 Å². The monoisotopic (exact) mass is 264 g/mol. The summed E-state index contributed by atoms with van der Waals surface area (Å²) in [6.45, 7) is 2.26. The summed E-state index contributed by atoms with van der Waals surface area (Å²) < 4.78 is 1.70. The molecule has 0 N–H and O–H groups in total. The maximum absolute atomic E-state index is 2.29. The van der Waals surface area contributed by atoms with Crippen molar-refractivity contribution in [1.82, 2.24) is 0 Å². The molecule has 70 valence electrons. The zero-order chi connectivity index (χ0) is 6.53. The van der Waals surface area contributed by atoms with E-state index in [1.165, 1.54) is 18.0 Å². The maximum Gasteiger partial charge on any atom is -1.00 e. The minimum Gasteiger partial charge on any atom is -1.00 e. The van der Waals surface area contributed by atoms with Crippen LogP contribution in [0.3, 0.4) is 0 Å². The molecule has 0 amide bonds. The Morgan fingerprint density at radius 3 is 2.42 bits per heavy atom. The van der Waals surface area contributed by atoms with Crippen LogP contribution in [0.15, 0.2) is 22.5 Å². The van der Waals surface area contributed by atoms with Crippen LogP contribution in [0.1, 0.15) is 19.8 Å². The Labute approximate surface area is 101 Å². The normalized spacial score (nSPS) is 11.6. The van der Waals surface area contributed by atoms with E-state index in [4.69, 9.17) is 0 Å². The second-order valence-corrected chi connectivity index (χ2v) is 4.26. The molecule has 0 fully saturated rings. The standard InChI is InChI=1S/C5H5.C3H7.3ClH.V/c1-2-4-5-3-1;1-3-2;;;;/h1-3H,4H2;1,3H2,2H3;3*1H;/q;;;;;+3/p-3. The van der Waals surface area contributed by atoms with Gasteiger partial charge in [0.25, 0.3) is 0 Å². The van der Waals surface area contributed by atoms with Crippen LogP contribution >= 0.6 is 0 Å². The van der Waals surface area contributed by atoms with Crippen LogP contribution in [0.2, 0.25) is 5.13 Å². The van der Waals surface area contributed by atoms with E-state index >= 15 is 0 Å². The molecular formula is C8H12Cl3V. The van der Waals surface area contributed by atoms with E-state index in [-0.39, 0.29) is 37.2 Å². The molecule has 0 radical (unpaired) electrons. The Kier molecular flexibility index (Phi) is 18.6. The van der Waals surface area contributed by atoms with Gasteiger partial charge < -0.3 is 37.2 Å². The molecule has 1 aliphatic rings. The first-order valence-corrected chi connectivity index (χ1v) is 5.15. The van der Waals surface area contributed by atoms with Crippen molar-refractivity contribution in [2.45, 2.75) is 24.9 Å². The zero-order valence-corrected chi connectivity index (χ0v) is 10.6. The second kappa shape index (κ2) is 11.9. The Morgan fingerprint density at radius 2 is 2.00 bits per heavy atom. The van der Waals surface area contributed by atoms with Crippen LogP contribution in [0, 0.1) is 0 Å². The van der Waals surface area contributed by atoms with Gasteiger partial charge >= 0.3 is 63.7 Å². The van der Waals surface area contributed by atoms with Crippen LogP contribution in [0.5, 0.6) is 0 Å². The van der Waals surface area contributed by atoms with Gasteiger partial charge in [-0.3, -0.25) is 0 Å². The van der Waals surface area contributed by atoms with Crippen molar-refractivity contribution in [3.05, 3.63) is 22.5 Å². The van der Waals surface area contributed by atoms with Gasteiger partial charge in [-0.15, -0.1) is 0 Å². The molecule has 0 heterocycles. The SMILES string of the molecule is CC[CH2][V+3][C]1=CC=CC1.[Cl-].[Cl-].[Cl-]. The van der Waals surface area contributed by atoms with Gasteiger partial charge in [0.05, 0.1) is 0 Å². The van der Waals surface area contributed by atoms with Gasteiger partial charge in [-0.05, 0) is 0 Å². The fourth-order valence-corrected chi connectivity index (χ4v) is 2.27. The summed E-state index contributed by atoms with van der Waals surface area (Å²) in [7, 11) is 0. The third-order valence-electron chi connectivity index (χ3n) is 1.29. The predicted molar refractivity (Wildman–Crippen MR) is 36.9 cm³/mol. The average Bonchev–Trinajstić information content (AvgIpc) is 2.34.